The van der Waals surface area contributed by atoms with Gasteiger partial charge in [-0.05, 0) is 31.2 Å². The van der Waals surface area contributed by atoms with Crippen LogP contribution < -0.4 is 10.0 Å². The Morgan fingerprint density at radius 1 is 1.14 bits per heavy atom. The van der Waals surface area contributed by atoms with Crippen molar-refractivity contribution in [3.63, 3.8) is 0 Å². The third kappa shape index (κ3) is 5.75. The van der Waals surface area contributed by atoms with E-state index in [4.69, 9.17) is 23.2 Å². The van der Waals surface area contributed by atoms with E-state index in [-0.39, 0.29) is 9.92 Å². The quantitative estimate of drug-likeness (QED) is 0.668. The van der Waals surface area contributed by atoms with E-state index in [2.05, 4.69) is 17.0 Å². The summed E-state index contributed by atoms with van der Waals surface area (Å²) in [7, 11) is -1.87. The summed E-state index contributed by atoms with van der Waals surface area (Å²) in [4.78, 5) is 0.0393. The van der Waals surface area contributed by atoms with Crippen LogP contribution in [0.2, 0.25) is 10.0 Å². The summed E-state index contributed by atoms with van der Waals surface area (Å²) in [5.41, 5.74) is 0.665. The van der Waals surface area contributed by atoms with Crippen LogP contribution in [0.3, 0.4) is 0 Å². The van der Waals surface area contributed by atoms with E-state index in [0.29, 0.717) is 23.7 Å². The minimum Gasteiger partial charge on any atom is -0.316 e. The van der Waals surface area contributed by atoms with Crippen molar-refractivity contribution < 1.29 is 8.42 Å². The van der Waals surface area contributed by atoms with Gasteiger partial charge in [-0.2, -0.15) is 0 Å². The van der Waals surface area contributed by atoms with Crippen LogP contribution in [0, 0.1) is 0 Å². The molecule has 0 aromatic heterocycles. The third-order valence-corrected chi connectivity index (χ3v) is 5.32. The number of halogens is 2. The molecular formula is C14H22Cl2N2O2S. The highest BCUT2D eigenvalue weighted by molar-refractivity contribution is 7.89. The van der Waals surface area contributed by atoms with Crippen LogP contribution >= 0.6 is 23.2 Å². The Kier molecular flexibility index (Phi) is 7.98. The van der Waals surface area contributed by atoms with Crippen molar-refractivity contribution in [3.05, 3.63) is 27.7 Å². The van der Waals surface area contributed by atoms with E-state index in [1.807, 2.05) is 0 Å². The standard InChI is InChI=1S/C14H22Cl2N2O2S/c1-3-4-5-6-7-18-21(19,20)13-9-12(15)8-11(10-17-2)14(13)16/h8-9,17-18H,3-7,10H2,1-2H3. The first kappa shape index (κ1) is 18.7. The number of hydrogen-bond donors (Lipinski definition) is 2. The van der Waals surface area contributed by atoms with Crippen LogP contribution in [0.15, 0.2) is 17.0 Å². The lowest BCUT2D eigenvalue weighted by Crippen LogP contribution is -2.25. The number of hydrogen-bond acceptors (Lipinski definition) is 3. The molecule has 120 valence electrons. The summed E-state index contributed by atoms with van der Waals surface area (Å²) in [6.45, 7) is 2.98. The molecule has 0 atom stereocenters. The van der Waals surface area contributed by atoms with Crippen molar-refractivity contribution >= 4 is 33.2 Å². The van der Waals surface area contributed by atoms with E-state index >= 15 is 0 Å². The first-order valence-corrected chi connectivity index (χ1v) is 9.28. The number of unbranched alkanes of at least 4 members (excludes halogenated alkanes) is 3. The van der Waals surface area contributed by atoms with Crippen LogP contribution in [0.25, 0.3) is 0 Å². The van der Waals surface area contributed by atoms with E-state index in [9.17, 15) is 8.42 Å². The van der Waals surface area contributed by atoms with Gasteiger partial charge in [0, 0.05) is 18.1 Å². The maximum Gasteiger partial charge on any atom is 0.242 e. The number of sulfonamides is 1. The lowest BCUT2D eigenvalue weighted by atomic mass is 10.2. The van der Waals surface area contributed by atoms with Crippen LogP contribution in [0.4, 0.5) is 0 Å². The molecule has 0 radical (unpaired) electrons. The Morgan fingerprint density at radius 2 is 1.86 bits per heavy atom. The maximum absolute atomic E-state index is 12.3. The van der Waals surface area contributed by atoms with E-state index in [1.165, 1.54) is 6.07 Å². The second-order valence-electron chi connectivity index (χ2n) is 4.87. The normalized spacial score (nSPS) is 11.8. The molecule has 0 unspecified atom stereocenters. The van der Waals surface area contributed by atoms with Gasteiger partial charge < -0.3 is 5.32 Å². The van der Waals surface area contributed by atoms with Crippen LogP contribution in [0.1, 0.15) is 38.2 Å². The molecule has 0 bridgehead atoms. The lowest BCUT2D eigenvalue weighted by Gasteiger charge is -2.12. The van der Waals surface area contributed by atoms with Crippen molar-refractivity contribution in [2.75, 3.05) is 13.6 Å². The van der Waals surface area contributed by atoms with Gasteiger partial charge in [-0.25, -0.2) is 13.1 Å². The fourth-order valence-corrected chi connectivity index (χ4v) is 3.97. The molecule has 1 aromatic rings. The van der Waals surface area contributed by atoms with Gasteiger partial charge in [-0.1, -0.05) is 49.4 Å². The second kappa shape index (κ2) is 8.96. The predicted molar refractivity (Wildman–Crippen MR) is 88.6 cm³/mol. The molecule has 7 heteroatoms. The van der Waals surface area contributed by atoms with Gasteiger partial charge in [0.05, 0.1) is 5.02 Å². The zero-order valence-electron chi connectivity index (χ0n) is 12.4. The molecule has 0 amide bonds. The molecule has 2 N–H and O–H groups in total. The average Bonchev–Trinajstić information content (AvgIpc) is 2.42. The van der Waals surface area contributed by atoms with Crippen molar-refractivity contribution in [1.29, 1.82) is 0 Å². The highest BCUT2D eigenvalue weighted by Gasteiger charge is 2.20. The van der Waals surface area contributed by atoms with Gasteiger partial charge in [-0.3, -0.25) is 0 Å². The lowest BCUT2D eigenvalue weighted by molar-refractivity contribution is 0.573. The van der Waals surface area contributed by atoms with E-state index in [1.54, 1.807) is 13.1 Å². The number of nitrogens with one attached hydrogen (secondary N) is 2. The molecular weight excluding hydrogens is 331 g/mol. The second-order valence-corrected chi connectivity index (χ2v) is 7.42. The van der Waals surface area contributed by atoms with Gasteiger partial charge in [0.25, 0.3) is 0 Å². The first-order valence-electron chi connectivity index (χ1n) is 7.04. The maximum atomic E-state index is 12.3. The third-order valence-electron chi connectivity index (χ3n) is 3.06. The monoisotopic (exact) mass is 352 g/mol. The highest BCUT2D eigenvalue weighted by atomic mass is 35.5. The Hall–Kier alpha value is -0.330. The molecule has 0 aliphatic rings. The molecule has 0 saturated heterocycles. The Labute approximate surface area is 137 Å². The average molecular weight is 353 g/mol. The summed E-state index contributed by atoms with van der Waals surface area (Å²) in [5, 5.41) is 3.51. The predicted octanol–water partition coefficient (Wildman–Crippen LogP) is 3.57. The van der Waals surface area contributed by atoms with Crippen LogP contribution in [-0.2, 0) is 16.6 Å². The van der Waals surface area contributed by atoms with Crippen molar-refractivity contribution in [2.24, 2.45) is 0 Å². The van der Waals surface area contributed by atoms with Crippen LogP contribution in [-0.4, -0.2) is 22.0 Å². The minimum absolute atomic E-state index is 0.0393. The van der Waals surface area contributed by atoms with Gasteiger partial charge >= 0.3 is 0 Å². The smallest absolute Gasteiger partial charge is 0.242 e. The Morgan fingerprint density at radius 3 is 2.48 bits per heavy atom. The molecule has 1 aromatic carbocycles. The van der Waals surface area contributed by atoms with Crippen molar-refractivity contribution in [2.45, 2.75) is 44.0 Å². The van der Waals surface area contributed by atoms with Crippen LogP contribution in [0.5, 0.6) is 0 Å². The van der Waals surface area contributed by atoms with Gasteiger partial charge in [0.1, 0.15) is 4.90 Å². The van der Waals surface area contributed by atoms with Gasteiger partial charge in [-0.15, -0.1) is 0 Å². The molecule has 0 aliphatic heterocycles. The zero-order chi connectivity index (χ0) is 15.9. The van der Waals surface area contributed by atoms with Crippen molar-refractivity contribution in [3.8, 4) is 0 Å². The van der Waals surface area contributed by atoms with E-state index in [0.717, 1.165) is 25.7 Å². The molecule has 0 saturated carbocycles. The highest BCUT2D eigenvalue weighted by Crippen LogP contribution is 2.29. The zero-order valence-corrected chi connectivity index (χ0v) is 14.7. The fourth-order valence-electron chi connectivity index (χ4n) is 1.97. The molecule has 0 heterocycles. The summed E-state index contributed by atoms with van der Waals surface area (Å²) >= 11 is 12.2. The van der Waals surface area contributed by atoms with Gasteiger partial charge in [0.15, 0.2) is 0 Å². The van der Waals surface area contributed by atoms with E-state index < -0.39 is 10.0 Å². The molecule has 0 fully saturated rings. The van der Waals surface area contributed by atoms with Crippen molar-refractivity contribution in [1.82, 2.24) is 10.0 Å². The first-order chi connectivity index (χ1) is 9.92. The largest absolute Gasteiger partial charge is 0.316 e. The summed E-state index contributed by atoms with van der Waals surface area (Å²) < 4.78 is 27.2. The summed E-state index contributed by atoms with van der Waals surface area (Å²) in [6.07, 6.45) is 4.04. The molecule has 1 rings (SSSR count). The SMILES string of the molecule is CCCCCCNS(=O)(=O)c1cc(Cl)cc(CNC)c1Cl. The fraction of sp³-hybridized carbons (Fsp3) is 0.571. The summed E-state index contributed by atoms with van der Waals surface area (Å²) in [5.74, 6) is 0. The minimum atomic E-state index is -3.64. The molecule has 0 aliphatic carbocycles. The Balaban J connectivity index is 2.87. The number of rotatable bonds is 9. The number of benzene rings is 1. The topological polar surface area (TPSA) is 58.2 Å². The van der Waals surface area contributed by atoms with Gasteiger partial charge in [0.2, 0.25) is 10.0 Å². The molecule has 21 heavy (non-hydrogen) atoms. The molecule has 4 nitrogen and oxygen atoms in total. The summed E-state index contributed by atoms with van der Waals surface area (Å²) in [6, 6.07) is 3.05. The Bertz CT molecular complexity index is 562. The molecule has 0 spiro atoms.